The molecule has 0 saturated heterocycles. The van der Waals surface area contributed by atoms with E-state index >= 15 is 0 Å². The Morgan fingerprint density at radius 1 is 1.28 bits per heavy atom. The Hall–Kier alpha value is -2.75. The van der Waals surface area contributed by atoms with Gasteiger partial charge in [0.25, 0.3) is 0 Å². The molecule has 7 nitrogen and oxygen atoms in total. The van der Waals surface area contributed by atoms with Crippen LogP contribution >= 0.6 is 0 Å². The van der Waals surface area contributed by atoms with E-state index < -0.39 is 17.4 Å². The van der Waals surface area contributed by atoms with Crippen molar-refractivity contribution >= 4 is 21.8 Å². The molecule has 0 amide bonds. The molecule has 1 atom stereocenters. The molecule has 3 aromatic rings. The van der Waals surface area contributed by atoms with E-state index in [1.165, 1.54) is 18.2 Å². The van der Waals surface area contributed by atoms with E-state index in [2.05, 4.69) is 19.7 Å². The molecular formula is C19H21F2N3O4S. The van der Waals surface area contributed by atoms with Crippen LogP contribution in [0.3, 0.4) is 0 Å². The quantitative estimate of drug-likeness (QED) is 0.556. The van der Waals surface area contributed by atoms with E-state index in [-0.39, 0.29) is 22.8 Å². The van der Waals surface area contributed by atoms with E-state index in [4.69, 9.17) is 10.8 Å². The summed E-state index contributed by atoms with van der Waals surface area (Å²) in [6.45, 7) is 1.93. The van der Waals surface area contributed by atoms with E-state index in [1.807, 2.05) is 20.8 Å². The summed E-state index contributed by atoms with van der Waals surface area (Å²) in [5, 5.41) is 0.152. The predicted molar refractivity (Wildman–Crippen MR) is 104 cm³/mol. The molecule has 10 heteroatoms. The van der Waals surface area contributed by atoms with Gasteiger partial charge >= 0.3 is 6.59 Å². The predicted octanol–water partition coefficient (Wildman–Crippen LogP) is 4.05. The number of benzene rings is 1. The van der Waals surface area contributed by atoms with E-state index in [0.29, 0.717) is 34.8 Å². The SMILES string of the molecule is [2H]C(F)(F)Oc1ccc2nc(S(=O)Cc3nccc(OC(C)C)c3OCC)[nH]c2c1. The first-order valence-electron chi connectivity index (χ1n) is 9.38. The van der Waals surface area contributed by atoms with Crippen LogP contribution in [0.1, 0.15) is 27.8 Å². The first kappa shape index (κ1) is 19.6. The molecule has 0 aliphatic heterocycles. The van der Waals surface area contributed by atoms with Gasteiger partial charge in [0.15, 0.2) is 18.0 Å². The molecule has 2 aromatic heterocycles. The summed E-state index contributed by atoms with van der Waals surface area (Å²) in [5.74, 6) is 0.740. The maximum absolute atomic E-state index is 12.9. The van der Waals surface area contributed by atoms with Crippen molar-refractivity contribution in [3.63, 3.8) is 0 Å². The number of nitrogens with one attached hydrogen (secondary N) is 1. The fraction of sp³-hybridized carbons (Fsp3) is 0.368. The van der Waals surface area contributed by atoms with Gasteiger partial charge in [-0.15, -0.1) is 0 Å². The van der Waals surface area contributed by atoms with Gasteiger partial charge in [-0.2, -0.15) is 8.78 Å². The fourth-order valence-electron chi connectivity index (χ4n) is 2.64. The summed E-state index contributed by atoms with van der Waals surface area (Å²) in [5.41, 5.74) is 1.23. The van der Waals surface area contributed by atoms with Crippen molar-refractivity contribution in [1.29, 1.82) is 0 Å². The Labute approximate surface area is 170 Å². The topological polar surface area (TPSA) is 86.3 Å². The maximum Gasteiger partial charge on any atom is 0.387 e. The molecule has 3 rings (SSSR count). The highest BCUT2D eigenvalue weighted by atomic mass is 32.2. The van der Waals surface area contributed by atoms with Gasteiger partial charge < -0.3 is 19.2 Å². The largest absolute Gasteiger partial charge is 0.488 e. The molecule has 1 unspecified atom stereocenters. The number of imidazole rings is 1. The van der Waals surface area contributed by atoms with Crippen LogP contribution in [0.25, 0.3) is 11.0 Å². The van der Waals surface area contributed by atoms with Gasteiger partial charge in [0.05, 0.1) is 46.0 Å². The molecule has 1 N–H and O–H groups in total. The van der Waals surface area contributed by atoms with Gasteiger partial charge in [0, 0.05) is 18.3 Å². The molecule has 0 spiro atoms. The molecule has 156 valence electrons. The van der Waals surface area contributed by atoms with Crippen molar-refractivity contribution < 1.29 is 28.6 Å². The Balaban J connectivity index is 1.86. The monoisotopic (exact) mass is 426 g/mol. The Morgan fingerprint density at radius 3 is 2.76 bits per heavy atom. The second kappa shape index (κ2) is 9.17. The summed E-state index contributed by atoms with van der Waals surface area (Å²) >= 11 is 0. The lowest BCUT2D eigenvalue weighted by molar-refractivity contribution is -0.0497. The van der Waals surface area contributed by atoms with E-state index in [1.54, 1.807) is 12.3 Å². The van der Waals surface area contributed by atoms with Crippen molar-refractivity contribution in [3.8, 4) is 17.2 Å². The van der Waals surface area contributed by atoms with Crippen LogP contribution in [0.15, 0.2) is 35.6 Å². The number of alkyl halides is 2. The van der Waals surface area contributed by atoms with Crippen molar-refractivity contribution in [2.75, 3.05) is 6.61 Å². The molecule has 0 aliphatic rings. The zero-order valence-electron chi connectivity index (χ0n) is 17.1. The first-order valence-corrected chi connectivity index (χ1v) is 10.2. The average molecular weight is 426 g/mol. The molecule has 0 radical (unpaired) electrons. The van der Waals surface area contributed by atoms with Crippen LogP contribution < -0.4 is 14.2 Å². The third-order valence-corrected chi connectivity index (χ3v) is 4.86. The summed E-state index contributed by atoms with van der Waals surface area (Å²) in [7, 11) is -1.62. The van der Waals surface area contributed by atoms with Crippen LogP contribution in [0.2, 0.25) is 0 Å². The second-order valence-electron chi connectivity index (χ2n) is 6.22. The lowest BCUT2D eigenvalue weighted by atomic mass is 10.3. The molecular weight excluding hydrogens is 404 g/mol. The molecule has 2 heterocycles. The van der Waals surface area contributed by atoms with Crippen LogP contribution in [-0.4, -0.2) is 38.5 Å². The number of pyridine rings is 1. The van der Waals surface area contributed by atoms with Gasteiger partial charge in [0.1, 0.15) is 5.75 Å². The maximum atomic E-state index is 12.9. The van der Waals surface area contributed by atoms with Gasteiger partial charge in [-0.3, -0.25) is 9.19 Å². The van der Waals surface area contributed by atoms with Gasteiger partial charge in [-0.25, -0.2) is 4.98 Å². The number of rotatable bonds is 9. The summed E-state index contributed by atoms with van der Waals surface area (Å²) < 4.78 is 60.5. The number of halogens is 2. The highest BCUT2D eigenvalue weighted by molar-refractivity contribution is 7.84. The third kappa shape index (κ3) is 5.20. The zero-order chi connectivity index (χ0) is 21.9. The number of nitrogens with zero attached hydrogens (tertiary/aromatic N) is 2. The molecule has 0 bridgehead atoms. The number of aromatic amines is 1. The Bertz CT molecular complexity index is 1060. The number of fused-ring (bicyclic) bond motifs is 1. The van der Waals surface area contributed by atoms with Crippen LogP contribution in [0.5, 0.6) is 17.2 Å². The van der Waals surface area contributed by atoms with Crippen molar-refractivity contribution in [1.82, 2.24) is 15.0 Å². The molecule has 0 fully saturated rings. The van der Waals surface area contributed by atoms with Crippen molar-refractivity contribution in [3.05, 3.63) is 36.2 Å². The minimum absolute atomic E-state index is 0.0125. The average Bonchev–Trinajstić information content (AvgIpc) is 3.06. The lowest BCUT2D eigenvalue weighted by Gasteiger charge is -2.16. The smallest absolute Gasteiger partial charge is 0.387 e. The number of ether oxygens (including phenoxy) is 3. The van der Waals surface area contributed by atoms with Gasteiger partial charge in [-0.1, -0.05) is 0 Å². The first-order chi connectivity index (χ1) is 14.2. The van der Waals surface area contributed by atoms with Crippen LogP contribution in [0, 0.1) is 0 Å². The van der Waals surface area contributed by atoms with E-state index in [0.717, 1.165) is 0 Å². The Kier molecular flexibility index (Phi) is 6.18. The standard InChI is InChI=1S/C19H21F2N3O4S/c1-4-26-17-15(22-8-7-16(17)27-11(2)3)10-29(25)19-23-13-6-5-12(28-18(20)21)9-14(13)24-19/h5-9,11,18H,4,10H2,1-3H3,(H,23,24)/i18D. The molecule has 0 aliphatic carbocycles. The van der Waals surface area contributed by atoms with Crippen molar-refractivity contribution in [2.45, 2.75) is 44.4 Å². The van der Waals surface area contributed by atoms with Crippen molar-refractivity contribution in [2.24, 2.45) is 0 Å². The zero-order valence-corrected chi connectivity index (χ0v) is 16.9. The molecule has 1 aromatic carbocycles. The van der Waals surface area contributed by atoms with Gasteiger partial charge in [0.2, 0.25) is 0 Å². The minimum Gasteiger partial charge on any atom is -0.488 e. The minimum atomic E-state index is -4.05. The molecule has 29 heavy (non-hydrogen) atoms. The van der Waals surface area contributed by atoms with Crippen LogP contribution in [0.4, 0.5) is 8.78 Å². The summed E-state index contributed by atoms with van der Waals surface area (Å²) in [6, 6.07) is 5.66. The summed E-state index contributed by atoms with van der Waals surface area (Å²) in [4.78, 5) is 11.4. The number of H-pyrrole nitrogens is 1. The number of hydrogen-bond acceptors (Lipinski definition) is 6. The highest BCUT2D eigenvalue weighted by Crippen LogP contribution is 2.32. The number of aromatic nitrogens is 3. The lowest BCUT2D eigenvalue weighted by Crippen LogP contribution is -2.10. The second-order valence-corrected chi connectivity index (χ2v) is 7.59. The molecule has 0 saturated carbocycles. The number of hydrogen-bond donors (Lipinski definition) is 1. The third-order valence-electron chi connectivity index (χ3n) is 3.70. The Morgan fingerprint density at radius 2 is 2.07 bits per heavy atom. The normalized spacial score (nSPS) is 13.4. The highest BCUT2D eigenvalue weighted by Gasteiger charge is 2.19. The van der Waals surface area contributed by atoms with Crippen LogP contribution in [-0.2, 0) is 16.6 Å². The summed E-state index contributed by atoms with van der Waals surface area (Å²) in [6.07, 6.45) is 1.48. The fourth-order valence-corrected chi connectivity index (χ4v) is 3.65. The van der Waals surface area contributed by atoms with E-state index in [9.17, 15) is 13.0 Å². The van der Waals surface area contributed by atoms with Gasteiger partial charge in [-0.05, 0) is 32.9 Å².